The van der Waals surface area contributed by atoms with E-state index < -0.39 is 17.2 Å². The van der Waals surface area contributed by atoms with Crippen LogP contribution in [0.2, 0.25) is 0 Å². The van der Waals surface area contributed by atoms with E-state index in [9.17, 15) is 13.2 Å². The largest absolute Gasteiger partial charge is 0.496 e. The van der Waals surface area contributed by atoms with E-state index in [2.05, 4.69) is 5.32 Å². The monoisotopic (exact) mass is 363 g/mol. The summed E-state index contributed by atoms with van der Waals surface area (Å²) in [6, 6.07) is 9.47. The topological polar surface area (TPSA) is 30.5 Å². The molecule has 3 nitrogen and oxygen atoms in total. The van der Waals surface area contributed by atoms with Crippen LogP contribution in [-0.4, -0.2) is 13.7 Å². The minimum atomic E-state index is -4.36. The summed E-state index contributed by atoms with van der Waals surface area (Å²) in [6.07, 6.45) is -4.36. The molecule has 4 rings (SSSR count). The molecule has 138 valence electrons. The number of benzene rings is 2. The molecule has 2 unspecified atom stereocenters. The van der Waals surface area contributed by atoms with E-state index in [1.165, 1.54) is 12.1 Å². The maximum atomic E-state index is 13.2. The lowest BCUT2D eigenvalue weighted by Gasteiger charge is -2.48. The van der Waals surface area contributed by atoms with Crippen LogP contribution in [0.15, 0.2) is 36.4 Å². The first-order valence-electron chi connectivity index (χ1n) is 8.51. The highest BCUT2D eigenvalue weighted by atomic mass is 19.4. The maximum Gasteiger partial charge on any atom is 0.416 e. The molecule has 0 amide bonds. The summed E-state index contributed by atoms with van der Waals surface area (Å²) in [5.41, 5.74) is 1.19. The summed E-state index contributed by atoms with van der Waals surface area (Å²) in [6.45, 7) is 4.39. The normalized spacial score (nSPS) is 23.0. The maximum absolute atomic E-state index is 13.2. The van der Waals surface area contributed by atoms with E-state index in [-0.39, 0.29) is 12.0 Å². The molecule has 2 heterocycles. The lowest BCUT2D eigenvalue weighted by Crippen LogP contribution is -2.46. The van der Waals surface area contributed by atoms with Gasteiger partial charge in [0.1, 0.15) is 11.5 Å². The number of rotatable bonds is 1. The van der Waals surface area contributed by atoms with Gasteiger partial charge >= 0.3 is 6.18 Å². The predicted molar refractivity (Wildman–Crippen MR) is 92.8 cm³/mol. The van der Waals surface area contributed by atoms with Crippen molar-refractivity contribution in [1.29, 1.82) is 0 Å². The van der Waals surface area contributed by atoms with E-state index >= 15 is 0 Å². The van der Waals surface area contributed by atoms with Crippen LogP contribution >= 0.6 is 0 Å². The Balaban J connectivity index is 1.86. The number of methoxy groups -OCH3 is 1. The molecule has 26 heavy (non-hydrogen) atoms. The molecule has 0 aliphatic carbocycles. The molecule has 2 aliphatic heterocycles. The number of alkyl halides is 3. The summed E-state index contributed by atoms with van der Waals surface area (Å²) in [5, 5.41) is 3.44. The molecule has 2 aromatic rings. The summed E-state index contributed by atoms with van der Waals surface area (Å²) in [5.74, 6) is 1.45. The fourth-order valence-electron chi connectivity index (χ4n) is 4.16. The summed E-state index contributed by atoms with van der Waals surface area (Å²) >= 11 is 0. The van der Waals surface area contributed by atoms with E-state index in [1.54, 1.807) is 7.11 Å². The van der Waals surface area contributed by atoms with Gasteiger partial charge in [0.15, 0.2) is 0 Å². The Morgan fingerprint density at radius 2 is 1.96 bits per heavy atom. The van der Waals surface area contributed by atoms with Gasteiger partial charge in [0.25, 0.3) is 0 Å². The molecular weight excluding hydrogens is 343 g/mol. The van der Waals surface area contributed by atoms with Crippen molar-refractivity contribution in [2.75, 3.05) is 19.0 Å². The van der Waals surface area contributed by atoms with Crippen LogP contribution < -0.4 is 14.8 Å². The molecular formula is C20H20F3NO2. The molecule has 0 radical (unpaired) electrons. The van der Waals surface area contributed by atoms with E-state index in [4.69, 9.17) is 9.47 Å². The highest BCUT2D eigenvalue weighted by molar-refractivity contribution is 5.63. The number of anilines is 1. The van der Waals surface area contributed by atoms with Crippen molar-refractivity contribution < 1.29 is 22.6 Å². The number of hydrogen-bond acceptors (Lipinski definition) is 3. The molecule has 0 spiro atoms. The van der Waals surface area contributed by atoms with E-state index in [1.807, 2.05) is 32.0 Å². The second-order valence-corrected chi connectivity index (χ2v) is 7.39. The Kier molecular flexibility index (Phi) is 3.65. The molecule has 1 N–H and O–H groups in total. The molecule has 0 bridgehead atoms. The van der Waals surface area contributed by atoms with Gasteiger partial charge in [0, 0.05) is 17.0 Å². The second-order valence-electron chi connectivity index (χ2n) is 7.39. The van der Waals surface area contributed by atoms with Crippen LogP contribution in [0.3, 0.4) is 0 Å². The average molecular weight is 363 g/mol. The average Bonchev–Trinajstić information content (AvgIpc) is 2.59. The van der Waals surface area contributed by atoms with Crippen molar-refractivity contribution in [3.63, 3.8) is 0 Å². The Bertz CT molecular complexity index is 846. The first kappa shape index (κ1) is 17.1. The van der Waals surface area contributed by atoms with Gasteiger partial charge in [-0.3, -0.25) is 0 Å². The molecule has 2 aliphatic rings. The zero-order valence-corrected chi connectivity index (χ0v) is 14.8. The van der Waals surface area contributed by atoms with Crippen molar-refractivity contribution >= 4 is 5.69 Å². The van der Waals surface area contributed by atoms with Crippen molar-refractivity contribution in [1.82, 2.24) is 0 Å². The predicted octanol–water partition coefficient (Wildman–Crippen LogP) is 5.17. The highest BCUT2D eigenvalue weighted by Gasteiger charge is 2.48. The number of ether oxygens (including phenoxy) is 2. The van der Waals surface area contributed by atoms with Gasteiger partial charge < -0.3 is 14.8 Å². The van der Waals surface area contributed by atoms with Gasteiger partial charge in [-0.05, 0) is 35.9 Å². The van der Waals surface area contributed by atoms with E-state index in [0.29, 0.717) is 12.2 Å². The van der Waals surface area contributed by atoms with Crippen molar-refractivity contribution in [3.8, 4) is 11.5 Å². The molecule has 0 fully saturated rings. The Hall–Kier alpha value is -2.37. The number of hydrogen-bond donors (Lipinski definition) is 1. The second kappa shape index (κ2) is 5.56. The zero-order valence-electron chi connectivity index (χ0n) is 14.8. The van der Waals surface area contributed by atoms with Gasteiger partial charge in [-0.25, -0.2) is 0 Å². The summed E-state index contributed by atoms with van der Waals surface area (Å²) in [7, 11) is 1.61. The first-order chi connectivity index (χ1) is 12.2. The minimum Gasteiger partial charge on any atom is -0.496 e. The van der Waals surface area contributed by atoms with Gasteiger partial charge in [-0.15, -0.1) is 0 Å². The molecule has 0 aromatic heterocycles. The molecule has 0 saturated heterocycles. The fourth-order valence-corrected chi connectivity index (χ4v) is 4.16. The van der Waals surface area contributed by atoms with Gasteiger partial charge in [0.2, 0.25) is 0 Å². The third-order valence-electron chi connectivity index (χ3n) is 5.66. The molecule has 2 atom stereocenters. The molecule has 0 saturated carbocycles. The zero-order chi connectivity index (χ0) is 18.7. The molecule has 6 heteroatoms. The third-order valence-corrected chi connectivity index (χ3v) is 5.66. The summed E-state index contributed by atoms with van der Waals surface area (Å²) in [4.78, 5) is 0. The van der Waals surface area contributed by atoms with Gasteiger partial charge in [-0.1, -0.05) is 19.9 Å². The minimum absolute atomic E-state index is 0.0257. The Morgan fingerprint density at radius 3 is 2.65 bits per heavy atom. The Labute approximate surface area is 150 Å². The number of nitrogens with one attached hydrogen (secondary N) is 1. The van der Waals surface area contributed by atoms with Crippen molar-refractivity contribution in [2.24, 2.45) is 5.92 Å². The highest BCUT2D eigenvalue weighted by Crippen LogP contribution is 2.54. The van der Waals surface area contributed by atoms with Crippen LogP contribution in [0, 0.1) is 5.92 Å². The number of fused-ring (bicyclic) bond motifs is 4. The lowest BCUT2D eigenvalue weighted by molar-refractivity contribution is -0.137. The van der Waals surface area contributed by atoms with Crippen LogP contribution in [0.1, 0.15) is 36.6 Å². The van der Waals surface area contributed by atoms with Crippen LogP contribution in [0.4, 0.5) is 18.9 Å². The van der Waals surface area contributed by atoms with Crippen molar-refractivity contribution in [2.45, 2.75) is 31.5 Å². The molecule has 2 aromatic carbocycles. The quantitative estimate of drug-likeness (QED) is 0.758. The van der Waals surface area contributed by atoms with Crippen LogP contribution in [-0.2, 0) is 11.6 Å². The lowest BCUT2D eigenvalue weighted by atomic mass is 9.65. The summed E-state index contributed by atoms with van der Waals surface area (Å²) < 4.78 is 51.0. The van der Waals surface area contributed by atoms with E-state index in [0.717, 1.165) is 28.8 Å². The first-order valence-corrected chi connectivity index (χ1v) is 8.51. The number of halogens is 3. The third kappa shape index (κ3) is 2.42. The Morgan fingerprint density at radius 1 is 1.19 bits per heavy atom. The fraction of sp³-hybridized carbons (Fsp3) is 0.400. The van der Waals surface area contributed by atoms with Crippen molar-refractivity contribution in [3.05, 3.63) is 53.1 Å². The van der Waals surface area contributed by atoms with Crippen LogP contribution in [0.25, 0.3) is 0 Å². The van der Waals surface area contributed by atoms with Crippen LogP contribution in [0.5, 0.6) is 11.5 Å². The van der Waals surface area contributed by atoms with Gasteiger partial charge in [0.05, 0.1) is 30.9 Å². The smallest absolute Gasteiger partial charge is 0.416 e. The standard InChI is InChI=1S/C20H20F3NO2/c1-19(2)12-9-11(20(21,22)23)7-8-14(12)24-18-13(19)10-26-16-6-4-5-15(25-3)17(16)18/h4-9,13,18,24H,10H2,1-3H3. The van der Waals surface area contributed by atoms with Gasteiger partial charge in [-0.2, -0.15) is 13.2 Å². The SMILES string of the molecule is COc1cccc2c1C1Nc3ccc(C(F)(F)F)cc3C(C)(C)C1CO2.